The Balaban J connectivity index is 2.71. The fourth-order valence-electron chi connectivity index (χ4n) is 2.22. The van der Waals surface area contributed by atoms with Gasteiger partial charge >= 0.3 is 0 Å². The van der Waals surface area contributed by atoms with Crippen molar-refractivity contribution in [3.63, 3.8) is 0 Å². The van der Waals surface area contributed by atoms with Crippen LogP contribution >= 0.6 is 0 Å². The van der Waals surface area contributed by atoms with Crippen molar-refractivity contribution in [2.75, 3.05) is 7.11 Å². The van der Waals surface area contributed by atoms with Crippen LogP contribution in [0.1, 0.15) is 32.0 Å². The van der Waals surface area contributed by atoms with Gasteiger partial charge in [-0.3, -0.25) is 9.89 Å². The minimum Gasteiger partial charge on any atom is -0.494 e. The van der Waals surface area contributed by atoms with E-state index in [-0.39, 0.29) is 17.6 Å². The molecule has 1 heterocycles. The summed E-state index contributed by atoms with van der Waals surface area (Å²) >= 11 is 0. The number of benzene rings is 1. The van der Waals surface area contributed by atoms with Crippen LogP contribution in [-0.4, -0.2) is 22.0 Å². The molecule has 0 bridgehead atoms. The summed E-state index contributed by atoms with van der Waals surface area (Å²) in [5, 5.41) is 12.6. The van der Waals surface area contributed by atoms with Crippen molar-refractivity contribution >= 4 is 0 Å². The van der Waals surface area contributed by atoms with E-state index in [1.54, 1.807) is 19.2 Å². The summed E-state index contributed by atoms with van der Waals surface area (Å²) in [6.45, 7) is 5.68. The number of para-hydroxylation sites is 2. The highest BCUT2D eigenvalue weighted by molar-refractivity contribution is 5.46. The number of aliphatic hydroxyl groups excluding tert-OH is 1. The van der Waals surface area contributed by atoms with Gasteiger partial charge in [0.25, 0.3) is 5.56 Å². The van der Waals surface area contributed by atoms with Gasteiger partial charge in [-0.15, -0.1) is 0 Å². The minimum atomic E-state index is -0.288. The van der Waals surface area contributed by atoms with Crippen LogP contribution < -0.4 is 10.3 Å². The third-order valence-corrected chi connectivity index (χ3v) is 3.22. The third-order valence-electron chi connectivity index (χ3n) is 3.22. The number of hydrogen-bond donors (Lipinski definition) is 2. The van der Waals surface area contributed by atoms with Gasteiger partial charge in [-0.05, 0) is 12.1 Å². The molecule has 0 saturated carbocycles. The van der Waals surface area contributed by atoms with Gasteiger partial charge in [0.05, 0.1) is 19.3 Å². The Morgan fingerprint density at radius 3 is 2.45 bits per heavy atom. The lowest BCUT2D eigenvalue weighted by molar-refractivity contribution is 0.277. The maximum Gasteiger partial charge on any atom is 0.277 e. The van der Waals surface area contributed by atoms with Gasteiger partial charge in [-0.2, -0.15) is 0 Å². The van der Waals surface area contributed by atoms with E-state index in [0.29, 0.717) is 17.0 Å². The molecule has 1 aromatic carbocycles. The molecule has 0 atom stereocenters. The quantitative estimate of drug-likeness (QED) is 0.900. The normalized spacial score (nSPS) is 11.7. The van der Waals surface area contributed by atoms with Gasteiger partial charge in [-0.25, -0.2) is 4.68 Å². The SMILES string of the molecule is COc1ccccc1-n1[nH]c(C(C)(C)C)c(CO)c1=O. The first kappa shape index (κ1) is 14.4. The zero-order valence-corrected chi connectivity index (χ0v) is 12.2. The first-order valence-electron chi connectivity index (χ1n) is 6.48. The van der Waals surface area contributed by atoms with Crippen molar-refractivity contribution in [3.05, 3.63) is 45.9 Å². The molecule has 0 aliphatic heterocycles. The second-order valence-electron chi connectivity index (χ2n) is 5.69. The number of ether oxygens (including phenoxy) is 1. The van der Waals surface area contributed by atoms with Crippen molar-refractivity contribution < 1.29 is 9.84 Å². The molecule has 5 heteroatoms. The van der Waals surface area contributed by atoms with Crippen molar-refractivity contribution in [2.24, 2.45) is 0 Å². The van der Waals surface area contributed by atoms with Crippen LogP contribution in [0.25, 0.3) is 5.69 Å². The summed E-state index contributed by atoms with van der Waals surface area (Å²) < 4.78 is 6.70. The fraction of sp³-hybridized carbons (Fsp3) is 0.400. The van der Waals surface area contributed by atoms with Gasteiger partial charge in [0.2, 0.25) is 0 Å². The molecule has 0 radical (unpaired) electrons. The first-order valence-corrected chi connectivity index (χ1v) is 6.48. The molecule has 0 fully saturated rings. The highest BCUT2D eigenvalue weighted by Gasteiger charge is 2.25. The number of aromatic amines is 1. The maximum absolute atomic E-state index is 12.5. The van der Waals surface area contributed by atoms with Gasteiger partial charge in [0, 0.05) is 11.1 Å². The Kier molecular flexibility index (Phi) is 3.72. The monoisotopic (exact) mass is 276 g/mol. The molecule has 108 valence electrons. The van der Waals surface area contributed by atoms with E-state index in [1.165, 1.54) is 4.68 Å². The second kappa shape index (κ2) is 5.17. The van der Waals surface area contributed by atoms with E-state index < -0.39 is 0 Å². The number of nitrogens with one attached hydrogen (secondary N) is 1. The van der Waals surface area contributed by atoms with E-state index in [9.17, 15) is 9.90 Å². The summed E-state index contributed by atoms with van der Waals surface area (Å²) in [5.74, 6) is 0.598. The first-order chi connectivity index (χ1) is 9.40. The lowest BCUT2D eigenvalue weighted by atomic mass is 9.90. The Labute approximate surface area is 117 Å². The Morgan fingerprint density at radius 1 is 1.30 bits per heavy atom. The number of aliphatic hydroxyl groups is 1. The standard InChI is InChI=1S/C15H20N2O3/c1-15(2,3)13-10(9-18)14(19)17(16-13)11-7-5-6-8-12(11)20-4/h5-8,16,18H,9H2,1-4H3. The molecule has 2 aromatic rings. The zero-order valence-electron chi connectivity index (χ0n) is 12.2. The van der Waals surface area contributed by atoms with Gasteiger partial charge < -0.3 is 9.84 Å². The number of nitrogens with zero attached hydrogens (tertiary/aromatic N) is 1. The minimum absolute atomic E-state index is 0.248. The van der Waals surface area contributed by atoms with E-state index in [1.807, 2.05) is 32.9 Å². The second-order valence-corrected chi connectivity index (χ2v) is 5.69. The van der Waals surface area contributed by atoms with Crippen LogP contribution in [0.2, 0.25) is 0 Å². The zero-order chi connectivity index (χ0) is 14.9. The highest BCUT2D eigenvalue weighted by Crippen LogP contribution is 2.25. The van der Waals surface area contributed by atoms with E-state index in [0.717, 1.165) is 5.69 Å². The van der Waals surface area contributed by atoms with Crippen molar-refractivity contribution in [1.29, 1.82) is 0 Å². The van der Waals surface area contributed by atoms with Crippen molar-refractivity contribution in [3.8, 4) is 11.4 Å². The van der Waals surface area contributed by atoms with Crippen LogP contribution in [0.3, 0.4) is 0 Å². The molecule has 2 rings (SSSR count). The average Bonchev–Trinajstić information content (AvgIpc) is 2.75. The average molecular weight is 276 g/mol. The lowest BCUT2D eigenvalue weighted by Gasteiger charge is -2.17. The predicted octanol–water partition coefficient (Wildman–Crippen LogP) is 1.96. The van der Waals surface area contributed by atoms with E-state index in [2.05, 4.69) is 5.10 Å². The molecule has 0 aliphatic rings. The predicted molar refractivity (Wildman–Crippen MR) is 77.6 cm³/mol. The fourth-order valence-corrected chi connectivity index (χ4v) is 2.22. The molecular weight excluding hydrogens is 256 g/mol. The van der Waals surface area contributed by atoms with Crippen LogP contribution in [-0.2, 0) is 12.0 Å². The van der Waals surface area contributed by atoms with Crippen molar-refractivity contribution in [1.82, 2.24) is 9.78 Å². The molecule has 0 saturated heterocycles. The molecule has 1 aromatic heterocycles. The van der Waals surface area contributed by atoms with Gasteiger partial charge in [-0.1, -0.05) is 32.9 Å². The van der Waals surface area contributed by atoms with Crippen LogP contribution in [0.15, 0.2) is 29.1 Å². The van der Waals surface area contributed by atoms with E-state index >= 15 is 0 Å². The number of aromatic nitrogens is 2. The van der Waals surface area contributed by atoms with Gasteiger partial charge in [0.1, 0.15) is 11.4 Å². The summed E-state index contributed by atoms with van der Waals surface area (Å²) in [5.41, 5.74) is 1.25. The lowest BCUT2D eigenvalue weighted by Crippen LogP contribution is -2.18. The van der Waals surface area contributed by atoms with Crippen LogP contribution in [0, 0.1) is 0 Å². The number of H-pyrrole nitrogens is 1. The summed E-state index contributed by atoms with van der Waals surface area (Å²) in [6, 6.07) is 7.26. The molecule has 0 spiro atoms. The molecule has 0 aliphatic carbocycles. The third kappa shape index (κ3) is 2.36. The number of rotatable bonds is 3. The molecule has 20 heavy (non-hydrogen) atoms. The van der Waals surface area contributed by atoms with Gasteiger partial charge in [0.15, 0.2) is 0 Å². The number of methoxy groups -OCH3 is 1. The van der Waals surface area contributed by atoms with E-state index in [4.69, 9.17) is 4.74 Å². The molecule has 0 unspecified atom stereocenters. The molecule has 2 N–H and O–H groups in total. The van der Waals surface area contributed by atoms with Crippen molar-refractivity contribution in [2.45, 2.75) is 32.8 Å². The Morgan fingerprint density at radius 2 is 1.95 bits per heavy atom. The molecule has 5 nitrogen and oxygen atoms in total. The maximum atomic E-state index is 12.5. The highest BCUT2D eigenvalue weighted by atomic mass is 16.5. The topological polar surface area (TPSA) is 67.2 Å². The molecular formula is C15H20N2O3. The Hall–Kier alpha value is -2.01. The summed E-state index contributed by atoms with van der Waals surface area (Å²) in [4.78, 5) is 12.5. The largest absolute Gasteiger partial charge is 0.494 e. The van der Waals surface area contributed by atoms with Crippen LogP contribution in [0.5, 0.6) is 5.75 Å². The van der Waals surface area contributed by atoms with Crippen LogP contribution in [0.4, 0.5) is 0 Å². The molecule has 0 amide bonds. The Bertz CT molecular complexity index is 662. The smallest absolute Gasteiger partial charge is 0.277 e. The number of hydrogen-bond acceptors (Lipinski definition) is 3. The summed E-state index contributed by atoms with van der Waals surface area (Å²) in [6.07, 6.45) is 0. The summed E-state index contributed by atoms with van der Waals surface area (Å²) in [7, 11) is 1.56.